The SMILES string of the molecule is CCCCC[C@]1(n2ccc(=O)[nH]c2=O)C[C@H](O)[C@@H](CO)O1. The molecule has 1 fully saturated rings. The Hall–Kier alpha value is -1.44. The van der Waals surface area contributed by atoms with Gasteiger partial charge in [-0.15, -0.1) is 0 Å². The Labute approximate surface area is 122 Å². The van der Waals surface area contributed by atoms with Crippen molar-refractivity contribution in [3.63, 3.8) is 0 Å². The molecule has 0 saturated carbocycles. The van der Waals surface area contributed by atoms with Crippen LogP contribution in [-0.2, 0) is 10.5 Å². The van der Waals surface area contributed by atoms with Gasteiger partial charge in [-0.2, -0.15) is 0 Å². The molecule has 2 rings (SSSR count). The Bertz CT molecular complexity index is 581. The number of ether oxygens (including phenoxy) is 1. The zero-order valence-electron chi connectivity index (χ0n) is 12.1. The summed E-state index contributed by atoms with van der Waals surface area (Å²) in [4.78, 5) is 25.5. The van der Waals surface area contributed by atoms with Crippen molar-refractivity contribution in [2.24, 2.45) is 0 Å². The Kier molecular flexibility index (Phi) is 4.97. The lowest BCUT2D eigenvalue weighted by Crippen LogP contribution is -2.44. The average molecular weight is 298 g/mol. The fraction of sp³-hybridized carbons (Fsp3) is 0.714. The van der Waals surface area contributed by atoms with Gasteiger partial charge in [0.05, 0.1) is 12.7 Å². The number of aromatic nitrogens is 2. The van der Waals surface area contributed by atoms with Crippen LogP contribution in [0.4, 0.5) is 0 Å². The molecule has 1 saturated heterocycles. The molecule has 0 aromatic carbocycles. The van der Waals surface area contributed by atoms with Crippen LogP contribution in [0, 0.1) is 0 Å². The molecular formula is C14H22N2O5. The second-order valence-electron chi connectivity index (χ2n) is 5.49. The lowest BCUT2D eigenvalue weighted by atomic mass is 9.99. The van der Waals surface area contributed by atoms with Crippen LogP contribution in [0.15, 0.2) is 21.9 Å². The number of nitrogens with zero attached hydrogens (tertiary/aromatic N) is 1. The van der Waals surface area contributed by atoms with Crippen LogP contribution in [0.1, 0.15) is 39.0 Å². The number of aromatic amines is 1. The van der Waals surface area contributed by atoms with E-state index in [1.54, 1.807) is 0 Å². The highest BCUT2D eigenvalue weighted by molar-refractivity contribution is 4.96. The Morgan fingerprint density at radius 3 is 2.81 bits per heavy atom. The predicted molar refractivity (Wildman–Crippen MR) is 76.0 cm³/mol. The van der Waals surface area contributed by atoms with Gasteiger partial charge in [0, 0.05) is 18.7 Å². The molecule has 0 bridgehead atoms. The van der Waals surface area contributed by atoms with Crippen LogP contribution in [0.5, 0.6) is 0 Å². The summed E-state index contributed by atoms with van der Waals surface area (Å²) in [6.07, 6.45) is 3.41. The molecule has 1 aliphatic heterocycles. The standard InChI is InChI=1S/C14H22N2O5/c1-2-3-4-6-14(8-10(18)11(9-17)21-14)16-7-5-12(19)15-13(16)20/h5,7,10-11,17-18H,2-4,6,8-9H2,1H3,(H,15,19,20)/t10-,11+,14+/m0/s1. The number of nitrogens with one attached hydrogen (secondary N) is 1. The number of aliphatic hydroxyl groups excluding tert-OH is 2. The molecule has 1 aromatic rings. The fourth-order valence-corrected chi connectivity index (χ4v) is 2.85. The summed E-state index contributed by atoms with van der Waals surface area (Å²) in [6, 6.07) is 1.25. The van der Waals surface area contributed by atoms with E-state index in [4.69, 9.17) is 4.74 Å². The third-order valence-corrected chi connectivity index (χ3v) is 3.94. The number of hydrogen-bond acceptors (Lipinski definition) is 5. The molecule has 1 aliphatic rings. The highest BCUT2D eigenvalue weighted by atomic mass is 16.6. The number of aliphatic hydroxyl groups is 2. The van der Waals surface area contributed by atoms with E-state index in [1.165, 1.54) is 16.8 Å². The first kappa shape index (κ1) is 15.9. The van der Waals surface area contributed by atoms with E-state index in [1.807, 2.05) is 0 Å². The second kappa shape index (κ2) is 6.55. The topological polar surface area (TPSA) is 105 Å². The maximum absolute atomic E-state index is 12.0. The van der Waals surface area contributed by atoms with Crippen molar-refractivity contribution >= 4 is 0 Å². The van der Waals surface area contributed by atoms with E-state index in [-0.39, 0.29) is 13.0 Å². The van der Waals surface area contributed by atoms with E-state index < -0.39 is 29.2 Å². The van der Waals surface area contributed by atoms with Gasteiger partial charge in [-0.3, -0.25) is 14.3 Å². The summed E-state index contributed by atoms with van der Waals surface area (Å²) in [5, 5.41) is 19.3. The monoisotopic (exact) mass is 298 g/mol. The third kappa shape index (κ3) is 3.25. The number of rotatable bonds is 6. The lowest BCUT2D eigenvalue weighted by molar-refractivity contribution is -0.124. The molecule has 7 nitrogen and oxygen atoms in total. The molecular weight excluding hydrogens is 276 g/mol. The highest BCUT2D eigenvalue weighted by Gasteiger charge is 2.47. The van der Waals surface area contributed by atoms with Gasteiger partial charge in [-0.1, -0.05) is 19.8 Å². The van der Waals surface area contributed by atoms with Gasteiger partial charge >= 0.3 is 5.69 Å². The van der Waals surface area contributed by atoms with Crippen molar-refractivity contribution in [3.8, 4) is 0 Å². The Morgan fingerprint density at radius 2 is 2.24 bits per heavy atom. The van der Waals surface area contributed by atoms with Crippen LogP contribution >= 0.6 is 0 Å². The molecule has 0 spiro atoms. The molecule has 21 heavy (non-hydrogen) atoms. The first-order valence-corrected chi connectivity index (χ1v) is 7.31. The van der Waals surface area contributed by atoms with Gasteiger partial charge in [-0.25, -0.2) is 4.79 Å². The molecule has 0 radical (unpaired) electrons. The van der Waals surface area contributed by atoms with Crippen molar-refractivity contribution in [2.75, 3.05) is 6.61 Å². The summed E-state index contributed by atoms with van der Waals surface area (Å²) >= 11 is 0. The van der Waals surface area contributed by atoms with Crippen molar-refractivity contribution in [2.45, 2.75) is 57.0 Å². The van der Waals surface area contributed by atoms with Crippen LogP contribution < -0.4 is 11.2 Å². The molecule has 2 heterocycles. The molecule has 0 amide bonds. The van der Waals surface area contributed by atoms with Crippen LogP contribution in [0.25, 0.3) is 0 Å². The highest BCUT2D eigenvalue weighted by Crippen LogP contribution is 2.38. The van der Waals surface area contributed by atoms with E-state index >= 15 is 0 Å². The third-order valence-electron chi connectivity index (χ3n) is 3.94. The van der Waals surface area contributed by atoms with E-state index in [0.717, 1.165) is 19.3 Å². The molecule has 0 aliphatic carbocycles. The maximum Gasteiger partial charge on any atom is 0.330 e. The Balaban J connectivity index is 2.36. The maximum atomic E-state index is 12.0. The van der Waals surface area contributed by atoms with Gasteiger partial charge in [0.25, 0.3) is 5.56 Å². The van der Waals surface area contributed by atoms with E-state index in [9.17, 15) is 19.8 Å². The first-order chi connectivity index (χ1) is 10.0. The van der Waals surface area contributed by atoms with Gasteiger partial charge < -0.3 is 14.9 Å². The van der Waals surface area contributed by atoms with Crippen molar-refractivity contribution in [1.82, 2.24) is 9.55 Å². The normalized spacial score (nSPS) is 28.9. The lowest BCUT2D eigenvalue weighted by Gasteiger charge is -2.31. The van der Waals surface area contributed by atoms with Gasteiger partial charge in [0.1, 0.15) is 6.10 Å². The minimum atomic E-state index is -1.01. The minimum Gasteiger partial charge on any atom is -0.394 e. The van der Waals surface area contributed by atoms with Crippen LogP contribution in [0.2, 0.25) is 0 Å². The van der Waals surface area contributed by atoms with Gasteiger partial charge in [0.15, 0.2) is 5.72 Å². The van der Waals surface area contributed by atoms with Crippen molar-refractivity contribution in [1.29, 1.82) is 0 Å². The zero-order valence-corrected chi connectivity index (χ0v) is 12.1. The van der Waals surface area contributed by atoms with Gasteiger partial charge in [-0.05, 0) is 12.8 Å². The smallest absolute Gasteiger partial charge is 0.330 e. The minimum absolute atomic E-state index is 0.216. The van der Waals surface area contributed by atoms with Crippen molar-refractivity contribution in [3.05, 3.63) is 33.1 Å². The summed E-state index contributed by atoms with van der Waals surface area (Å²) in [6.45, 7) is 1.76. The molecule has 3 N–H and O–H groups in total. The fourth-order valence-electron chi connectivity index (χ4n) is 2.85. The van der Waals surface area contributed by atoms with Crippen LogP contribution in [0.3, 0.4) is 0 Å². The molecule has 7 heteroatoms. The van der Waals surface area contributed by atoms with E-state index in [2.05, 4.69) is 11.9 Å². The van der Waals surface area contributed by atoms with Crippen molar-refractivity contribution < 1.29 is 14.9 Å². The number of H-pyrrole nitrogens is 1. The Morgan fingerprint density at radius 1 is 1.48 bits per heavy atom. The predicted octanol–water partition coefficient (Wildman–Crippen LogP) is -0.0882. The molecule has 3 atom stereocenters. The summed E-state index contributed by atoms with van der Waals surface area (Å²) in [7, 11) is 0. The largest absolute Gasteiger partial charge is 0.394 e. The second-order valence-corrected chi connectivity index (χ2v) is 5.49. The van der Waals surface area contributed by atoms with Crippen LogP contribution in [-0.4, -0.2) is 38.6 Å². The molecule has 118 valence electrons. The number of unbranched alkanes of at least 4 members (excludes halogenated alkanes) is 2. The summed E-state index contributed by atoms with van der Waals surface area (Å²) in [5.41, 5.74) is -2.05. The molecule has 1 aromatic heterocycles. The first-order valence-electron chi connectivity index (χ1n) is 7.31. The molecule has 0 unspecified atom stereocenters. The van der Waals surface area contributed by atoms with Gasteiger partial charge in [0.2, 0.25) is 0 Å². The van der Waals surface area contributed by atoms with E-state index in [0.29, 0.717) is 6.42 Å². The zero-order chi connectivity index (χ0) is 15.5. The summed E-state index contributed by atoms with van der Waals surface area (Å²) in [5.74, 6) is 0. The average Bonchev–Trinajstić information content (AvgIpc) is 2.76. The number of hydrogen-bond donors (Lipinski definition) is 3. The summed E-state index contributed by atoms with van der Waals surface area (Å²) < 4.78 is 7.13. The quantitative estimate of drug-likeness (QED) is 0.637.